The number of H-pyrrole nitrogens is 1. The van der Waals surface area contributed by atoms with E-state index in [2.05, 4.69) is 25.3 Å². The van der Waals surface area contributed by atoms with Crippen LogP contribution in [0.1, 0.15) is 24.2 Å². The third-order valence-corrected chi connectivity index (χ3v) is 5.62. The molecule has 0 unspecified atom stereocenters. The lowest BCUT2D eigenvalue weighted by atomic mass is 10.2. The number of para-hydroxylation sites is 1. The van der Waals surface area contributed by atoms with E-state index in [1.807, 2.05) is 6.07 Å². The average Bonchev–Trinajstić information content (AvgIpc) is 2.81. The number of fused-ring (bicyclic) bond motifs is 1. The normalized spacial score (nSPS) is 14.5. The topological polar surface area (TPSA) is 107 Å². The van der Waals surface area contributed by atoms with Crippen molar-refractivity contribution < 1.29 is 18.0 Å². The zero-order valence-corrected chi connectivity index (χ0v) is 18.5. The molecule has 1 saturated heterocycles. The van der Waals surface area contributed by atoms with Gasteiger partial charge in [-0.2, -0.15) is 13.2 Å². The summed E-state index contributed by atoms with van der Waals surface area (Å²) in [5, 5.41) is 3.75. The molecule has 34 heavy (non-hydrogen) atoms. The molecule has 3 aromatic rings. The van der Waals surface area contributed by atoms with Crippen molar-refractivity contribution >= 4 is 28.4 Å². The average molecular weight is 475 g/mol. The summed E-state index contributed by atoms with van der Waals surface area (Å²) in [6.07, 6.45) is -1.98. The second kappa shape index (κ2) is 9.65. The number of aryl methyl sites for hydroxylation is 1. The summed E-state index contributed by atoms with van der Waals surface area (Å²) in [5.41, 5.74) is 0.253. The highest BCUT2D eigenvalue weighted by atomic mass is 19.4. The first-order valence-corrected chi connectivity index (χ1v) is 10.9. The smallest absolute Gasteiger partial charge is 0.383 e. The number of halogens is 3. The van der Waals surface area contributed by atoms with Crippen LogP contribution in [0.5, 0.6) is 0 Å². The second-order valence-corrected chi connectivity index (χ2v) is 8.02. The molecule has 0 spiro atoms. The van der Waals surface area contributed by atoms with Crippen LogP contribution in [-0.4, -0.2) is 63.5 Å². The van der Waals surface area contributed by atoms with Gasteiger partial charge >= 0.3 is 6.18 Å². The van der Waals surface area contributed by atoms with Crippen LogP contribution in [0.25, 0.3) is 10.9 Å². The van der Waals surface area contributed by atoms with Crippen molar-refractivity contribution in [3.8, 4) is 0 Å². The van der Waals surface area contributed by atoms with Crippen LogP contribution in [0.4, 0.5) is 24.8 Å². The molecule has 2 N–H and O–H groups in total. The van der Waals surface area contributed by atoms with E-state index in [1.165, 1.54) is 0 Å². The lowest BCUT2D eigenvalue weighted by molar-refractivity contribution is -0.138. The highest BCUT2D eigenvalue weighted by Gasteiger charge is 2.32. The van der Waals surface area contributed by atoms with Crippen molar-refractivity contribution in [3.05, 3.63) is 52.3 Å². The quantitative estimate of drug-likeness (QED) is 0.528. The molecule has 0 aliphatic carbocycles. The van der Waals surface area contributed by atoms with Crippen LogP contribution in [0.3, 0.4) is 0 Å². The van der Waals surface area contributed by atoms with Crippen molar-refractivity contribution in [2.75, 3.05) is 42.9 Å². The van der Waals surface area contributed by atoms with Crippen molar-refractivity contribution in [2.45, 2.75) is 25.9 Å². The number of nitrogens with one attached hydrogen (secondary N) is 2. The van der Waals surface area contributed by atoms with Gasteiger partial charge in [-0.1, -0.05) is 6.07 Å². The highest BCUT2D eigenvalue weighted by molar-refractivity contribution is 5.89. The molecule has 1 amide bonds. The number of piperazine rings is 1. The summed E-state index contributed by atoms with van der Waals surface area (Å²) in [5.74, 6) is 0.767. The van der Waals surface area contributed by atoms with Crippen molar-refractivity contribution in [2.24, 2.45) is 0 Å². The predicted octanol–water partition coefficient (Wildman–Crippen LogP) is 2.58. The first-order valence-electron chi connectivity index (χ1n) is 10.9. The lowest BCUT2D eigenvalue weighted by Gasteiger charge is -2.34. The molecule has 0 radical (unpaired) electrons. The number of nitrogens with zero attached hydrogens (tertiary/aromatic N) is 5. The van der Waals surface area contributed by atoms with Gasteiger partial charge in [-0.05, 0) is 25.5 Å². The summed E-state index contributed by atoms with van der Waals surface area (Å²) >= 11 is 0. The van der Waals surface area contributed by atoms with Crippen LogP contribution < -0.4 is 15.8 Å². The van der Waals surface area contributed by atoms with Crippen LogP contribution >= 0.6 is 0 Å². The van der Waals surface area contributed by atoms with E-state index in [0.29, 0.717) is 62.3 Å². The number of rotatable bonds is 6. The van der Waals surface area contributed by atoms with Crippen LogP contribution in [0, 0.1) is 6.92 Å². The minimum Gasteiger partial charge on any atom is -0.383 e. The minimum absolute atomic E-state index is 0.0121. The lowest BCUT2D eigenvalue weighted by Crippen LogP contribution is -2.49. The van der Waals surface area contributed by atoms with E-state index < -0.39 is 11.7 Å². The van der Waals surface area contributed by atoms with E-state index in [9.17, 15) is 22.8 Å². The summed E-state index contributed by atoms with van der Waals surface area (Å²) < 4.78 is 38.0. The molecule has 1 aromatic carbocycles. The molecule has 0 atom stereocenters. The number of aromatic amines is 1. The van der Waals surface area contributed by atoms with E-state index in [4.69, 9.17) is 0 Å². The number of carbonyl (C=O) groups excluding carboxylic acids is 1. The fourth-order valence-electron chi connectivity index (χ4n) is 3.82. The molecule has 3 heterocycles. The molecular weight excluding hydrogens is 451 g/mol. The van der Waals surface area contributed by atoms with Gasteiger partial charge in [-0.25, -0.2) is 15.0 Å². The van der Waals surface area contributed by atoms with Crippen LogP contribution in [0.2, 0.25) is 0 Å². The van der Waals surface area contributed by atoms with Crippen molar-refractivity contribution in [3.63, 3.8) is 0 Å². The molecule has 9 nitrogen and oxygen atoms in total. The van der Waals surface area contributed by atoms with Gasteiger partial charge in [0.2, 0.25) is 11.9 Å². The Morgan fingerprint density at radius 2 is 1.85 bits per heavy atom. The fraction of sp³-hybridized carbons (Fsp3) is 0.409. The molecule has 4 rings (SSSR count). The summed E-state index contributed by atoms with van der Waals surface area (Å²) in [6.45, 7) is 4.06. The third-order valence-electron chi connectivity index (χ3n) is 5.62. The molecule has 2 aromatic heterocycles. The summed E-state index contributed by atoms with van der Waals surface area (Å²) in [7, 11) is 0. The van der Waals surface area contributed by atoms with E-state index in [0.717, 1.165) is 18.1 Å². The zero-order valence-electron chi connectivity index (χ0n) is 18.5. The predicted molar refractivity (Wildman–Crippen MR) is 121 cm³/mol. The Labute approximate surface area is 193 Å². The Kier molecular flexibility index (Phi) is 6.66. The molecule has 1 aliphatic heterocycles. The largest absolute Gasteiger partial charge is 0.419 e. The number of hydrogen-bond acceptors (Lipinski definition) is 7. The fourth-order valence-corrected chi connectivity index (χ4v) is 3.82. The maximum atomic E-state index is 12.7. The highest BCUT2D eigenvalue weighted by Crippen LogP contribution is 2.28. The molecule has 12 heteroatoms. The third kappa shape index (κ3) is 5.26. The molecule has 0 bridgehead atoms. The number of carbonyl (C=O) groups is 1. The monoisotopic (exact) mass is 475 g/mol. The maximum Gasteiger partial charge on any atom is 0.419 e. The number of amides is 1. The first kappa shape index (κ1) is 23.5. The number of benzene rings is 1. The van der Waals surface area contributed by atoms with Crippen LogP contribution in [-0.2, 0) is 11.0 Å². The Bertz CT molecular complexity index is 1220. The van der Waals surface area contributed by atoms with Gasteiger partial charge in [0.15, 0.2) is 0 Å². The number of aromatic nitrogens is 4. The summed E-state index contributed by atoms with van der Waals surface area (Å²) in [4.78, 5) is 42.9. The van der Waals surface area contributed by atoms with Gasteiger partial charge in [-0.15, -0.1) is 0 Å². The Hall–Kier alpha value is -3.70. The number of hydrogen-bond donors (Lipinski definition) is 2. The summed E-state index contributed by atoms with van der Waals surface area (Å²) in [6, 6.07) is 5.34. The van der Waals surface area contributed by atoms with E-state index in [-0.39, 0.29) is 17.4 Å². The molecule has 1 aliphatic rings. The molecule has 1 fully saturated rings. The maximum absolute atomic E-state index is 12.7. The van der Waals surface area contributed by atoms with Gasteiger partial charge in [0.25, 0.3) is 5.56 Å². The second-order valence-electron chi connectivity index (χ2n) is 8.02. The Balaban J connectivity index is 1.24. The Morgan fingerprint density at radius 3 is 2.53 bits per heavy atom. The van der Waals surface area contributed by atoms with E-state index >= 15 is 0 Å². The zero-order chi connectivity index (χ0) is 24.3. The van der Waals surface area contributed by atoms with Gasteiger partial charge in [-0.3, -0.25) is 9.59 Å². The first-order chi connectivity index (χ1) is 16.2. The molecule has 0 saturated carbocycles. The standard InChI is InChI=1S/C22H24F3N7O2/c1-14-29-19-16(20(34)30-14)4-2-5-17(19)26-7-3-6-18(33)31-8-10-32(11-9-31)21-27-12-15(13-28-21)22(23,24)25/h2,4-5,12-13,26H,3,6-11H2,1H3,(H,29,30,34). The van der Waals surface area contributed by atoms with Gasteiger partial charge < -0.3 is 20.1 Å². The number of alkyl halides is 3. The SMILES string of the molecule is Cc1nc2c(NCCCC(=O)N3CCN(c4ncc(C(F)(F)F)cn4)CC3)cccc2c(=O)[nH]1. The van der Waals surface area contributed by atoms with Gasteiger partial charge in [0.1, 0.15) is 11.3 Å². The number of anilines is 2. The molecule has 180 valence electrons. The van der Waals surface area contributed by atoms with Crippen molar-refractivity contribution in [1.29, 1.82) is 0 Å². The van der Waals surface area contributed by atoms with Gasteiger partial charge in [0.05, 0.1) is 16.6 Å². The van der Waals surface area contributed by atoms with Crippen LogP contribution in [0.15, 0.2) is 35.4 Å². The van der Waals surface area contributed by atoms with Gasteiger partial charge in [0, 0.05) is 51.5 Å². The minimum atomic E-state index is -4.47. The van der Waals surface area contributed by atoms with Crippen molar-refractivity contribution in [1.82, 2.24) is 24.8 Å². The van der Waals surface area contributed by atoms with E-state index in [1.54, 1.807) is 28.9 Å². The Morgan fingerprint density at radius 1 is 1.15 bits per heavy atom. The molecular formula is C22H24F3N7O2.